The number of nitrogens with zero attached hydrogens (tertiary/aromatic N) is 3. The van der Waals surface area contributed by atoms with Gasteiger partial charge in [0, 0.05) is 35.4 Å². The normalized spacial score (nSPS) is 17.4. The quantitative estimate of drug-likeness (QED) is 0.747. The molecule has 1 aliphatic heterocycles. The minimum Gasteiger partial charge on any atom is -0.356 e. The number of benzene rings is 1. The van der Waals surface area contributed by atoms with Gasteiger partial charge in [-0.1, -0.05) is 23.7 Å². The molecule has 0 radical (unpaired) electrons. The van der Waals surface area contributed by atoms with E-state index in [9.17, 15) is 0 Å². The van der Waals surface area contributed by atoms with Crippen LogP contribution in [0.4, 0.5) is 5.82 Å². The monoisotopic (exact) mass is 341 g/mol. The first-order valence-corrected chi connectivity index (χ1v) is 8.53. The molecule has 24 heavy (non-hydrogen) atoms. The molecule has 1 aromatic carbocycles. The first kappa shape index (κ1) is 15.4. The average Bonchev–Trinajstić information content (AvgIpc) is 2.99. The molecule has 0 bridgehead atoms. The largest absolute Gasteiger partial charge is 0.356 e. The number of hydrogen-bond donors (Lipinski definition) is 2. The number of fused-ring (bicyclic) bond motifs is 1. The number of halogens is 1. The van der Waals surface area contributed by atoms with E-state index in [4.69, 9.17) is 17.3 Å². The van der Waals surface area contributed by atoms with Gasteiger partial charge in [-0.3, -0.25) is 0 Å². The molecule has 3 aromatic rings. The fourth-order valence-corrected chi connectivity index (χ4v) is 3.49. The van der Waals surface area contributed by atoms with Crippen molar-refractivity contribution in [1.82, 2.24) is 15.0 Å². The Morgan fingerprint density at radius 3 is 2.79 bits per heavy atom. The van der Waals surface area contributed by atoms with Crippen LogP contribution in [0.3, 0.4) is 0 Å². The van der Waals surface area contributed by atoms with E-state index in [0.29, 0.717) is 0 Å². The molecule has 0 aliphatic carbocycles. The summed E-state index contributed by atoms with van der Waals surface area (Å²) in [5.74, 6) is 0.965. The van der Waals surface area contributed by atoms with Crippen molar-refractivity contribution in [3.8, 4) is 11.1 Å². The average molecular weight is 342 g/mol. The molecule has 0 saturated carbocycles. The second-order valence-corrected chi connectivity index (χ2v) is 7.21. The summed E-state index contributed by atoms with van der Waals surface area (Å²) in [5, 5.41) is 1.76. The molecule has 3 heterocycles. The predicted octanol–water partition coefficient (Wildman–Crippen LogP) is 3.60. The van der Waals surface area contributed by atoms with Crippen LogP contribution in [0.1, 0.15) is 19.8 Å². The van der Waals surface area contributed by atoms with Crippen molar-refractivity contribution in [2.45, 2.75) is 25.3 Å². The highest BCUT2D eigenvalue weighted by Gasteiger charge is 2.28. The van der Waals surface area contributed by atoms with Gasteiger partial charge in [-0.15, -0.1) is 0 Å². The molecule has 0 spiro atoms. The summed E-state index contributed by atoms with van der Waals surface area (Å²) in [6.07, 6.45) is 5.50. The van der Waals surface area contributed by atoms with Crippen molar-refractivity contribution in [2.24, 2.45) is 5.73 Å². The summed E-state index contributed by atoms with van der Waals surface area (Å²) in [6, 6.07) is 7.86. The summed E-state index contributed by atoms with van der Waals surface area (Å²) < 4.78 is 0. The third kappa shape index (κ3) is 2.74. The van der Waals surface area contributed by atoms with Crippen molar-refractivity contribution < 1.29 is 0 Å². The van der Waals surface area contributed by atoms with Crippen LogP contribution in [0.25, 0.3) is 22.2 Å². The Labute approximate surface area is 145 Å². The van der Waals surface area contributed by atoms with E-state index < -0.39 is 0 Å². The van der Waals surface area contributed by atoms with Crippen LogP contribution in [-0.2, 0) is 0 Å². The maximum absolute atomic E-state index is 6.27. The van der Waals surface area contributed by atoms with E-state index >= 15 is 0 Å². The van der Waals surface area contributed by atoms with E-state index in [0.717, 1.165) is 58.9 Å². The zero-order chi connectivity index (χ0) is 16.7. The highest BCUT2D eigenvalue weighted by Crippen LogP contribution is 2.35. The summed E-state index contributed by atoms with van der Waals surface area (Å²) >= 11 is 6.17. The van der Waals surface area contributed by atoms with Gasteiger partial charge in [-0.2, -0.15) is 0 Å². The lowest BCUT2D eigenvalue weighted by Gasteiger charge is -2.37. The first-order valence-electron chi connectivity index (χ1n) is 8.15. The Morgan fingerprint density at radius 2 is 2.04 bits per heavy atom. The van der Waals surface area contributed by atoms with Gasteiger partial charge >= 0.3 is 0 Å². The number of H-pyrrole nitrogens is 1. The minimum absolute atomic E-state index is 0.0867. The van der Waals surface area contributed by atoms with E-state index in [-0.39, 0.29) is 5.54 Å². The van der Waals surface area contributed by atoms with Gasteiger partial charge in [-0.05, 0) is 37.5 Å². The van der Waals surface area contributed by atoms with Crippen LogP contribution in [0, 0.1) is 0 Å². The topological polar surface area (TPSA) is 70.8 Å². The molecule has 3 N–H and O–H groups in total. The molecule has 1 fully saturated rings. The number of nitrogens with one attached hydrogen (secondary N) is 1. The van der Waals surface area contributed by atoms with Crippen LogP contribution in [0.2, 0.25) is 5.02 Å². The van der Waals surface area contributed by atoms with Gasteiger partial charge in [0.25, 0.3) is 0 Å². The molecular weight excluding hydrogens is 322 g/mol. The van der Waals surface area contributed by atoms with Gasteiger partial charge in [0.05, 0.1) is 5.39 Å². The molecule has 4 rings (SSSR count). The van der Waals surface area contributed by atoms with Crippen LogP contribution >= 0.6 is 11.6 Å². The van der Waals surface area contributed by atoms with Crippen LogP contribution in [-0.4, -0.2) is 33.6 Å². The fraction of sp³-hybridized carbons (Fsp3) is 0.333. The lowest BCUT2D eigenvalue weighted by Crippen LogP contribution is -2.48. The van der Waals surface area contributed by atoms with E-state index in [2.05, 4.69) is 32.8 Å². The van der Waals surface area contributed by atoms with Crippen molar-refractivity contribution in [2.75, 3.05) is 18.0 Å². The first-order chi connectivity index (χ1) is 11.5. The third-order valence-electron chi connectivity index (χ3n) is 4.79. The van der Waals surface area contributed by atoms with Crippen molar-refractivity contribution in [3.05, 3.63) is 41.8 Å². The Kier molecular flexibility index (Phi) is 3.70. The smallest absolute Gasteiger partial charge is 0.143 e. The molecule has 1 aliphatic rings. The van der Waals surface area contributed by atoms with Crippen LogP contribution in [0.15, 0.2) is 36.8 Å². The lowest BCUT2D eigenvalue weighted by atomic mass is 9.91. The van der Waals surface area contributed by atoms with Gasteiger partial charge < -0.3 is 15.6 Å². The molecule has 6 heteroatoms. The van der Waals surface area contributed by atoms with Gasteiger partial charge in [0.2, 0.25) is 0 Å². The number of aromatic nitrogens is 3. The second kappa shape index (κ2) is 5.76. The zero-order valence-corrected chi connectivity index (χ0v) is 14.3. The number of aromatic amines is 1. The maximum Gasteiger partial charge on any atom is 0.143 e. The number of nitrogens with two attached hydrogens (primary N) is 1. The standard InChI is InChI=1S/C18H20ClN5/c1-18(20)5-7-24(8-6-18)17-15-14(10-21-16(15)22-11-23-17)12-3-2-4-13(19)9-12/h2-4,9-11H,5-8,20H2,1H3,(H,21,22,23). The summed E-state index contributed by atoms with van der Waals surface area (Å²) in [6.45, 7) is 3.92. The predicted molar refractivity (Wildman–Crippen MR) is 98.4 cm³/mol. The minimum atomic E-state index is -0.0867. The van der Waals surface area contributed by atoms with Crippen molar-refractivity contribution in [1.29, 1.82) is 0 Å². The van der Waals surface area contributed by atoms with E-state index in [1.807, 2.05) is 24.4 Å². The zero-order valence-electron chi connectivity index (χ0n) is 13.6. The summed E-state index contributed by atoms with van der Waals surface area (Å²) in [4.78, 5) is 14.5. The third-order valence-corrected chi connectivity index (χ3v) is 5.03. The molecule has 0 unspecified atom stereocenters. The van der Waals surface area contributed by atoms with Crippen LogP contribution in [0.5, 0.6) is 0 Å². The number of piperidine rings is 1. The number of hydrogen-bond acceptors (Lipinski definition) is 4. The molecule has 0 atom stereocenters. The molecule has 1 saturated heterocycles. The second-order valence-electron chi connectivity index (χ2n) is 6.77. The highest BCUT2D eigenvalue weighted by molar-refractivity contribution is 6.31. The molecule has 0 amide bonds. The molecular formula is C18H20ClN5. The maximum atomic E-state index is 6.27. The van der Waals surface area contributed by atoms with Crippen LogP contribution < -0.4 is 10.6 Å². The van der Waals surface area contributed by atoms with Gasteiger partial charge in [-0.25, -0.2) is 9.97 Å². The van der Waals surface area contributed by atoms with E-state index in [1.54, 1.807) is 6.33 Å². The Bertz CT molecular complexity index is 876. The van der Waals surface area contributed by atoms with Gasteiger partial charge in [0.15, 0.2) is 0 Å². The van der Waals surface area contributed by atoms with Crippen molar-refractivity contribution in [3.63, 3.8) is 0 Å². The Hall–Kier alpha value is -2.11. The SMILES string of the molecule is CC1(N)CCN(c2ncnc3[nH]cc(-c4cccc(Cl)c4)c23)CC1. The Morgan fingerprint density at radius 1 is 1.25 bits per heavy atom. The summed E-state index contributed by atoms with van der Waals surface area (Å²) in [7, 11) is 0. The Balaban J connectivity index is 1.81. The molecule has 124 valence electrons. The number of rotatable bonds is 2. The fourth-order valence-electron chi connectivity index (χ4n) is 3.30. The van der Waals surface area contributed by atoms with E-state index in [1.165, 1.54) is 0 Å². The highest BCUT2D eigenvalue weighted by atomic mass is 35.5. The lowest BCUT2D eigenvalue weighted by molar-refractivity contribution is 0.363. The molecule has 2 aromatic heterocycles. The van der Waals surface area contributed by atoms with Crippen molar-refractivity contribution >= 4 is 28.5 Å². The van der Waals surface area contributed by atoms with Gasteiger partial charge in [0.1, 0.15) is 17.8 Å². The number of anilines is 1. The molecule has 5 nitrogen and oxygen atoms in total. The summed E-state index contributed by atoms with van der Waals surface area (Å²) in [5.41, 5.74) is 9.16.